The van der Waals surface area contributed by atoms with E-state index in [2.05, 4.69) is 54.9 Å². The van der Waals surface area contributed by atoms with E-state index in [1.54, 1.807) is 0 Å². The summed E-state index contributed by atoms with van der Waals surface area (Å²) < 4.78 is 1.16. The van der Waals surface area contributed by atoms with Gasteiger partial charge in [-0.1, -0.05) is 35.8 Å². The van der Waals surface area contributed by atoms with Gasteiger partial charge >= 0.3 is 0 Å². The monoisotopic (exact) mass is 269 g/mol. The highest BCUT2D eigenvalue weighted by Crippen LogP contribution is 2.22. The quantitative estimate of drug-likeness (QED) is 0.889. The Balaban J connectivity index is 2.82. The minimum absolute atomic E-state index is 0.581. The normalized spacial score (nSPS) is 13.2. The number of nitrogens with two attached hydrogens (primary N) is 1. The van der Waals surface area contributed by atoms with Crippen molar-refractivity contribution in [3.8, 4) is 0 Å². The highest BCUT2D eigenvalue weighted by Gasteiger charge is 2.13. The largest absolute Gasteiger partial charge is 0.330 e. The Hall–Kier alpha value is -0.340. The van der Waals surface area contributed by atoms with Gasteiger partial charge in [0.1, 0.15) is 0 Å². The van der Waals surface area contributed by atoms with E-state index in [0.29, 0.717) is 11.8 Å². The van der Waals surface area contributed by atoms with E-state index in [1.807, 2.05) is 0 Å². The molecule has 1 rings (SSSR count). The first-order valence-electron chi connectivity index (χ1n) is 5.49. The molecule has 0 saturated carbocycles. The molecule has 0 aliphatic heterocycles. The van der Waals surface area contributed by atoms with Gasteiger partial charge in [0, 0.05) is 4.47 Å². The van der Waals surface area contributed by atoms with E-state index in [-0.39, 0.29) is 0 Å². The first kappa shape index (κ1) is 12.7. The minimum Gasteiger partial charge on any atom is -0.330 e. The fraction of sp³-hybridized carbons (Fsp3) is 0.538. The molecule has 1 aromatic rings. The van der Waals surface area contributed by atoms with Gasteiger partial charge in [-0.2, -0.15) is 0 Å². The molecule has 0 aliphatic carbocycles. The van der Waals surface area contributed by atoms with Crippen molar-refractivity contribution < 1.29 is 0 Å². The molecule has 0 amide bonds. The maximum atomic E-state index is 5.80. The first-order valence-corrected chi connectivity index (χ1v) is 6.29. The molecule has 0 heterocycles. The second-order valence-corrected chi connectivity index (χ2v) is 5.43. The van der Waals surface area contributed by atoms with Crippen LogP contribution in [-0.4, -0.2) is 6.54 Å². The van der Waals surface area contributed by atoms with Crippen LogP contribution in [0.4, 0.5) is 0 Å². The Morgan fingerprint density at radius 3 is 2.53 bits per heavy atom. The molecule has 1 nitrogen and oxygen atoms in total. The second kappa shape index (κ2) is 5.66. The number of halogens is 1. The van der Waals surface area contributed by atoms with Gasteiger partial charge in [0.2, 0.25) is 0 Å². The lowest BCUT2D eigenvalue weighted by atomic mass is 9.88. The number of aryl methyl sites for hydroxylation is 1. The smallest absolute Gasteiger partial charge is 0.0178 e. The fourth-order valence-electron chi connectivity index (χ4n) is 1.73. The Morgan fingerprint density at radius 2 is 2.00 bits per heavy atom. The Labute approximate surface area is 101 Å². The standard InChI is InChI=1S/C13H20BrN/c1-9(2)12(8-15)6-11-7-13(14)5-4-10(11)3/h4-5,7,9,12H,6,8,15H2,1-3H3. The first-order chi connectivity index (χ1) is 7.04. The van der Waals surface area contributed by atoms with Crippen LogP contribution in [0.3, 0.4) is 0 Å². The lowest BCUT2D eigenvalue weighted by Crippen LogP contribution is -2.22. The molecular weight excluding hydrogens is 250 g/mol. The SMILES string of the molecule is Cc1ccc(Br)cc1CC(CN)C(C)C. The van der Waals surface area contributed by atoms with Crippen molar-refractivity contribution in [1.29, 1.82) is 0 Å². The van der Waals surface area contributed by atoms with Gasteiger partial charge in [-0.05, 0) is 55.0 Å². The summed E-state index contributed by atoms with van der Waals surface area (Å²) in [5.74, 6) is 1.23. The predicted molar refractivity (Wildman–Crippen MR) is 70.0 cm³/mol. The Morgan fingerprint density at radius 1 is 1.33 bits per heavy atom. The summed E-state index contributed by atoms with van der Waals surface area (Å²) in [5.41, 5.74) is 8.57. The molecule has 0 fully saturated rings. The van der Waals surface area contributed by atoms with E-state index < -0.39 is 0 Å². The molecule has 0 spiro atoms. The van der Waals surface area contributed by atoms with Gasteiger partial charge in [0.05, 0.1) is 0 Å². The van der Waals surface area contributed by atoms with Gasteiger partial charge in [-0.15, -0.1) is 0 Å². The number of hydrogen-bond acceptors (Lipinski definition) is 1. The van der Waals surface area contributed by atoms with E-state index in [0.717, 1.165) is 17.4 Å². The molecule has 84 valence electrons. The third-order valence-electron chi connectivity index (χ3n) is 3.04. The fourth-order valence-corrected chi connectivity index (χ4v) is 2.14. The molecule has 0 radical (unpaired) electrons. The van der Waals surface area contributed by atoms with E-state index in [9.17, 15) is 0 Å². The average molecular weight is 270 g/mol. The van der Waals surface area contributed by atoms with Crippen molar-refractivity contribution in [1.82, 2.24) is 0 Å². The molecule has 15 heavy (non-hydrogen) atoms. The second-order valence-electron chi connectivity index (χ2n) is 4.51. The van der Waals surface area contributed by atoms with Crippen molar-refractivity contribution in [3.05, 3.63) is 33.8 Å². The summed E-state index contributed by atoms with van der Waals surface area (Å²) in [4.78, 5) is 0. The van der Waals surface area contributed by atoms with Crippen LogP contribution in [0, 0.1) is 18.8 Å². The van der Waals surface area contributed by atoms with E-state index in [1.165, 1.54) is 11.1 Å². The van der Waals surface area contributed by atoms with Crippen LogP contribution < -0.4 is 5.73 Å². The molecule has 1 atom stereocenters. The Kier molecular flexibility index (Phi) is 4.81. The number of rotatable bonds is 4. The van der Waals surface area contributed by atoms with Crippen molar-refractivity contribution in [2.24, 2.45) is 17.6 Å². The maximum absolute atomic E-state index is 5.80. The van der Waals surface area contributed by atoms with Crippen molar-refractivity contribution in [3.63, 3.8) is 0 Å². The average Bonchev–Trinajstić information content (AvgIpc) is 2.18. The molecule has 1 aromatic carbocycles. The van der Waals surface area contributed by atoms with Gasteiger partial charge in [0.25, 0.3) is 0 Å². The topological polar surface area (TPSA) is 26.0 Å². The van der Waals surface area contributed by atoms with E-state index >= 15 is 0 Å². The molecule has 0 aromatic heterocycles. The highest BCUT2D eigenvalue weighted by atomic mass is 79.9. The third kappa shape index (κ3) is 3.62. The number of hydrogen-bond donors (Lipinski definition) is 1. The van der Waals surface area contributed by atoms with Crippen LogP contribution in [0.15, 0.2) is 22.7 Å². The zero-order valence-corrected chi connectivity index (χ0v) is 11.3. The van der Waals surface area contributed by atoms with Gasteiger partial charge in [-0.3, -0.25) is 0 Å². The third-order valence-corrected chi connectivity index (χ3v) is 3.53. The lowest BCUT2D eigenvalue weighted by Gasteiger charge is -2.20. The molecule has 1 unspecified atom stereocenters. The zero-order valence-electron chi connectivity index (χ0n) is 9.76. The predicted octanol–water partition coefficient (Wildman–Crippen LogP) is 3.53. The number of benzene rings is 1. The summed E-state index contributed by atoms with van der Waals surface area (Å²) in [7, 11) is 0. The van der Waals surface area contributed by atoms with Crippen LogP contribution in [0.25, 0.3) is 0 Å². The van der Waals surface area contributed by atoms with E-state index in [4.69, 9.17) is 5.73 Å². The summed E-state index contributed by atoms with van der Waals surface area (Å²) in [5, 5.41) is 0. The van der Waals surface area contributed by atoms with Crippen LogP contribution in [0.2, 0.25) is 0 Å². The summed E-state index contributed by atoms with van der Waals surface area (Å²) >= 11 is 3.51. The summed E-state index contributed by atoms with van der Waals surface area (Å²) in [6.07, 6.45) is 1.08. The molecule has 0 bridgehead atoms. The van der Waals surface area contributed by atoms with Crippen LogP contribution in [0.5, 0.6) is 0 Å². The molecule has 2 heteroatoms. The zero-order chi connectivity index (χ0) is 11.4. The Bertz CT molecular complexity index is 320. The molecule has 2 N–H and O–H groups in total. The van der Waals surface area contributed by atoms with Gasteiger partial charge in [-0.25, -0.2) is 0 Å². The molecule has 0 saturated heterocycles. The van der Waals surface area contributed by atoms with Gasteiger partial charge < -0.3 is 5.73 Å². The minimum atomic E-state index is 0.581. The summed E-state index contributed by atoms with van der Waals surface area (Å²) in [6.45, 7) is 7.41. The maximum Gasteiger partial charge on any atom is 0.0178 e. The highest BCUT2D eigenvalue weighted by molar-refractivity contribution is 9.10. The van der Waals surface area contributed by atoms with Crippen LogP contribution >= 0.6 is 15.9 Å². The van der Waals surface area contributed by atoms with Crippen molar-refractivity contribution in [2.75, 3.05) is 6.54 Å². The van der Waals surface area contributed by atoms with Crippen LogP contribution in [0.1, 0.15) is 25.0 Å². The summed E-state index contributed by atoms with van der Waals surface area (Å²) in [6, 6.07) is 6.46. The van der Waals surface area contributed by atoms with Crippen molar-refractivity contribution in [2.45, 2.75) is 27.2 Å². The lowest BCUT2D eigenvalue weighted by molar-refractivity contribution is 0.391. The van der Waals surface area contributed by atoms with Crippen LogP contribution in [-0.2, 0) is 6.42 Å². The molecular formula is C13H20BrN. The van der Waals surface area contributed by atoms with Crippen molar-refractivity contribution >= 4 is 15.9 Å². The molecule has 0 aliphatic rings. The van der Waals surface area contributed by atoms with Gasteiger partial charge in [0.15, 0.2) is 0 Å².